The number of anilines is 3. The number of carbonyl (C=O) groups is 2. The lowest BCUT2D eigenvalue weighted by Crippen LogP contribution is -2.36. The van der Waals surface area contributed by atoms with E-state index in [4.69, 9.17) is 0 Å². The number of carboxylic acid groups (broad SMARTS) is 1. The third kappa shape index (κ3) is 4.04. The summed E-state index contributed by atoms with van der Waals surface area (Å²) in [6.07, 6.45) is 2.00. The number of benzene rings is 1. The Hall–Kier alpha value is -3.47. The van der Waals surface area contributed by atoms with E-state index in [1.165, 1.54) is 17.5 Å². The highest BCUT2D eigenvalue weighted by Gasteiger charge is 2.51. The molecule has 4 unspecified atom stereocenters. The van der Waals surface area contributed by atoms with Crippen molar-refractivity contribution in [2.45, 2.75) is 12.6 Å². The van der Waals surface area contributed by atoms with E-state index in [0.29, 0.717) is 27.5 Å². The highest BCUT2D eigenvalue weighted by Crippen LogP contribution is 2.48. The van der Waals surface area contributed by atoms with Crippen molar-refractivity contribution in [2.24, 2.45) is 23.7 Å². The predicted octanol–water partition coefficient (Wildman–Crippen LogP) is 4.92. The topological polar surface area (TPSA) is 104 Å². The highest BCUT2D eigenvalue weighted by molar-refractivity contribution is 7.22. The van der Waals surface area contributed by atoms with Crippen molar-refractivity contribution in [1.29, 1.82) is 0 Å². The Morgan fingerprint density at radius 3 is 2.55 bits per heavy atom. The molecule has 2 aromatic heterocycles. The van der Waals surface area contributed by atoms with E-state index in [0.717, 1.165) is 12.3 Å². The van der Waals surface area contributed by atoms with Gasteiger partial charge in [0.25, 0.3) is 0 Å². The number of halogens is 3. The predicted molar refractivity (Wildman–Crippen MR) is 116 cm³/mol. The molecule has 11 heteroatoms. The maximum absolute atomic E-state index is 12.9. The molecule has 7 nitrogen and oxygen atoms in total. The van der Waals surface area contributed by atoms with Gasteiger partial charge in [0.1, 0.15) is 0 Å². The van der Waals surface area contributed by atoms with Gasteiger partial charge in [-0.1, -0.05) is 23.5 Å². The van der Waals surface area contributed by atoms with Crippen molar-refractivity contribution in [3.8, 4) is 0 Å². The van der Waals surface area contributed by atoms with Crippen LogP contribution in [0, 0.1) is 23.7 Å². The summed E-state index contributed by atoms with van der Waals surface area (Å²) in [5.41, 5.74) is 0.470. The first-order chi connectivity index (χ1) is 15.7. The fourth-order valence-corrected chi connectivity index (χ4v) is 5.50. The number of amides is 1. The van der Waals surface area contributed by atoms with Gasteiger partial charge in [0, 0.05) is 11.9 Å². The van der Waals surface area contributed by atoms with Crippen LogP contribution in [-0.2, 0) is 15.8 Å². The van der Waals surface area contributed by atoms with Gasteiger partial charge in [-0.3, -0.25) is 14.6 Å². The molecule has 1 saturated carbocycles. The van der Waals surface area contributed by atoms with E-state index >= 15 is 0 Å². The normalized spacial score (nSPS) is 23.7. The minimum absolute atomic E-state index is 0.0950. The van der Waals surface area contributed by atoms with Gasteiger partial charge in [0.15, 0.2) is 5.13 Å². The Labute approximate surface area is 189 Å². The zero-order valence-electron chi connectivity index (χ0n) is 16.8. The van der Waals surface area contributed by atoms with Gasteiger partial charge in [-0.05, 0) is 42.5 Å². The highest BCUT2D eigenvalue weighted by atomic mass is 32.1. The summed E-state index contributed by atoms with van der Waals surface area (Å²) in [5.74, 6) is -2.95. The molecule has 170 valence electrons. The van der Waals surface area contributed by atoms with E-state index in [1.54, 1.807) is 18.2 Å². The SMILES string of the molecule is O=C(O)C1C2C=CC(C2)C1C(=O)Nc1nc2ccc(Nc3cncc(C(F)(F)F)c3)cc2s1. The third-order valence-electron chi connectivity index (χ3n) is 6.02. The Balaban J connectivity index is 1.33. The minimum atomic E-state index is -4.49. The number of thiazole rings is 1. The number of aliphatic carboxylic acids is 1. The van der Waals surface area contributed by atoms with Crippen LogP contribution in [0.2, 0.25) is 0 Å². The number of alkyl halides is 3. The quantitative estimate of drug-likeness (QED) is 0.454. The van der Waals surface area contributed by atoms with Gasteiger partial charge < -0.3 is 15.7 Å². The van der Waals surface area contributed by atoms with E-state index < -0.39 is 29.5 Å². The fraction of sp³-hybridized carbons (Fsp3) is 0.273. The Kier molecular flexibility index (Phi) is 5.08. The molecule has 2 heterocycles. The first-order valence-electron chi connectivity index (χ1n) is 10.1. The first kappa shape index (κ1) is 21.4. The van der Waals surface area contributed by atoms with Crippen molar-refractivity contribution in [2.75, 3.05) is 10.6 Å². The monoisotopic (exact) mass is 474 g/mol. The second-order valence-electron chi connectivity index (χ2n) is 8.11. The van der Waals surface area contributed by atoms with Gasteiger partial charge >= 0.3 is 12.1 Å². The number of fused-ring (bicyclic) bond motifs is 3. The maximum Gasteiger partial charge on any atom is 0.417 e. The molecule has 1 amide bonds. The molecule has 5 rings (SSSR count). The molecular weight excluding hydrogens is 457 g/mol. The van der Waals surface area contributed by atoms with E-state index in [2.05, 4.69) is 20.6 Å². The maximum atomic E-state index is 12.9. The summed E-state index contributed by atoms with van der Waals surface area (Å²) < 4.78 is 39.4. The van der Waals surface area contributed by atoms with Crippen molar-refractivity contribution in [1.82, 2.24) is 9.97 Å². The zero-order chi connectivity index (χ0) is 23.3. The van der Waals surface area contributed by atoms with Gasteiger partial charge in [-0.2, -0.15) is 13.2 Å². The number of nitrogens with one attached hydrogen (secondary N) is 2. The molecule has 2 bridgehead atoms. The third-order valence-corrected chi connectivity index (χ3v) is 6.95. The van der Waals surface area contributed by atoms with Crippen molar-refractivity contribution < 1.29 is 27.9 Å². The number of hydrogen-bond donors (Lipinski definition) is 3. The molecule has 1 aromatic carbocycles. The summed E-state index contributed by atoms with van der Waals surface area (Å²) in [6, 6.07) is 6.03. The van der Waals surface area contributed by atoms with Crippen LogP contribution in [0.25, 0.3) is 10.2 Å². The van der Waals surface area contributed by atoms with Crippen LogP contribution in [0.1, 0.15) is 12.0 Å². The van der Waals surface area contributed by atoms with Crippen molar-refractivity contribution in [3.63, 3.8) is 0 Å². The lowest BCUT2D eigenvalue weighted by molar-refractivity contribution is -0.146. The zero-order valence-corrected chi connectivity index (χ0v) is 17.7. The van der Waals surface area contributed by atoms with Crippen LogP contribution < -0.4 is 10.6 Å². The molecule has 0 saturated heterocycles. The fourth-order valence-electron chi connectivity index (χ4n) is 4.59. The smallest absolute Gasteiger partial charge is 0.417 e. The average molecular weight is 474 g/mol. The molecular formula is C22H17F3N4O3S. The van der Waals surface area contributed by atoms with Crippen molar-refractivity contribution >= 4 is 49.9 Å². The second-order valence-corrected chi connectivity index (χ2v) is 9.14. The molecule has 0 aliphatic heterocycles. The number of rotatable bonds is 5. The largest absolute Gasteiger partial charge is 0.481 e. The van der Waals surface area contributed by atoms with Crippen LogP contribution in [-0.4, -0.2) is 27.0 Å². The van der Waals surface area contributed by atoms with Crippen LogP contribution in [0.15, 0.2) is 48.8 Å². The minimum Gasteiger partial charge on any atom is -0.481 e. The summed E-state index contributed by atoms with van der Waals surface area (Å²) in [4.78, 5) is 32.5. The number of allylic oxidation sites excluding steroid dienone is 2. The first-order valence-corrected chi connectivity index (χ1v) is 10.9. The molecule has 4 atom stereocenters. The molecule has 2 aliphatic rings. The summed E-state index contributed by atoms with van der Waals surface area (Å²) >= 11 is 1.20. The number of carbonyl (C=O) groups excluding carboxylic acids is 1. The Morgan fingerprint density at radius 1 is 1.06 bits per heavy atom. The van der Waals surface area contributed by atoms with Gasteiger partial charge in [-0.25, -0.2) is 4.98 Å². The average Bonchev–Trinajstić information content (AvgIpc) is 3.46. The lowest BCUT2D eigenvalue weighted by atomic mass is 9.82. The standard InChI is InChI=1S/C22H17F3N4O3S/c23-22(24,25)12-6-14(9-26-8-12)27-13-3-4-15-16(7-13)33-21(28-15)29-19(30)17-10-1-2-11(5-10)18(17)20(31)32/h1-4,6-11,17-18,27H,5H2,(H,31,32)(H,28,29,30). The number of pyridine rings is 1. The van der Waals surface area contributed by atoms with Gasteiger partial charge in [0.2, 0.25) is 5.91 Å². The van der Waals surface area contributed by atoms with Crippen LogP contribution in [0.4, 0.5) is 29.7 Å². The van der Waals surface area contributed by atoms with Gasteiger partial charge in [0.05, 0.1) is 39.5 Å². The summed E-state index contributed by atoms with van der Waals surface area (Å²) in [6.45, 7) is 0. The second kappa shape index (κ2) is 7.84. The lowest BCUT2D eigenvalue weighted by Gasteiger charge is -2.23. The Bertz CT molecular complexity index is 1290. The van der Waals surface area contributed by atoms with Gasteiger partial charge in [-0.15, -0.1) is 0 Å². The molecule has 0 radical (unpaired) electrons. The summed E-state index contributed by atoms with van der Waals surface area (Å²) in [7, 11) is 0. The van der Waals surface area contributed by atoms with E-state index in [1.807, 2.05) is 12.2 Å². The molecule has 0 spiro atoms. The molecule has 3 N–H and O–H groups in total. The molecule has 2 aliphatic carbocycles. The van der Waals surface area contributed by atoms with Crippen LogP contribution >= 0.6 is 11.3 Å². The number of hydrogen-bond acceptors (Lipinski definition) is 6. The molecule has 1 fully saturated rings. The van der Waals surface area contributed by atoms with Crippen LogP contribution in [0.5, 0.6) is 0 Å². The van der Waals surface area contributed by atoms with E-state index in [-0.39, 0.29) is 23.4 Å². The van der Waals surface area contributed by atoms with Crippen molar-refractivity contribution in [3.05, 3.63) is 54.4 Å². The Morgan fingerprint density at radius 2 is 1.82 bits per heavy atom. The molecule has 33 heavy (non-hydrogen) atoms. The number of aromatic nitrogens is 2. The number of carboxylic acids is 1. The van der Waals surface area contributed by atoms with Crippen LogP contribution in [0.3, 0.4) is 0 Å². The molecule has 3 aromatic rings. The number of nitrogens with zero attached hydrogens (tertiary/aromatic N) is 2. The summed E-state index contributed by atoms with van der Waals surface area (Å²) in [5, 5.41) is 15.5. The van der Waals surface area contributed by atoms with E-state index in [9.17, 15) is 27.9 Å².